The van der Waals surface area contributed by atoms with Gasteiger partial charge in [-0.2, -0.15) is 0 Å². The fourth-order valence-corrected chi connectivity index (χ4v) is 2.43. The van der Waals surface area contributed by atoms with Crippen LogP contribution in [0.3, 0.4) is 0 Å². The summed E-state index contributed by atoms with van der Waals surface area (Å²) in [6.07, 6.45) is 0. The molecule has 0 aliphatic carbocycles. The van der Waals surface area contributed by atoms with Gasteiger partial charge in [-0.25, -0.2) is 4.39 Å². The van der Waals surface area contributed by atoms with Gasteiger partial charge in [-0.3, -0.25) is 9.59 Å². The van der Waals surface area contributed by atoms with E-state index in [2.05, 4.69) is 15.9 Å². The highest BCUT2D eigenvalue weighted by Crippen LogP contribution is 2.21. The maximum Gasteiger partial charge on any atom is 0.260 e. The molecule has 114 valence electrons. The predicted octanol–water partition coefficient (Wildman–Crippen LogP) is 1.66. The van der Waals surface area contributed by atoms with Crippen LogP contribution in [0.4, 0.5) is 4.39 Å². The van der Waals surface area contributed by atoms with Crippen LogP contribution in [-0.2, 0) is 9.59 Å². The number of piperazine rings is 1. The Morgan fingerprint density at radius 2 is 1.86 bits per heavy atom. The zero-order valence-corrected chi connectivity index (χ0v) is 13.2. The van der Waals surface area contributed by atoms with E-state index in [1.807, 2.05) is 0 Å². The minimum absolute atomic E-state index is 0.00952. The predicted molar refractivity (Wildman–Crippen MR) is 78.4 cm³/mol. The Bertz CT molecular complexity index is 545. The number of carbonyl (C=O) groups is 2. The maximum absolute atomic E-state index is 13.6. The number of benzene rings is 1. The van der Waals surface area contributed by atoms with Gasteiger partial charge in [-0.05, 0) is 18.2 Å². The van der Waals surface area contributed by atoms with Crippen molar-refractivity contribution in [2.75, 3.05) is 32.8 Å². The highest BCUT2D eigenvalue weighted by molar-refractivity contribution is 9.10. The Kier molecular flexibility index (Phi) is 5.17. The first-order valence-electron chi connectivity index (χ1n) is 6.58. The Morgan fingerprint density at radius 3 is 2.43 bits per heavy atom. The molecule has 1 aliphatic heterocycles. The van der Waals surface area contributed by atoms with Crippen molar-refractivity contribution in [3.63, 3.8) is 0 Å². The second kappa shape index (κ2) is 6.89. The summed E-state index contributed by atoms with van der Waals surface area (Å²) in [4.78, 5) is 26.5. The van der Waals surface area contributed by atoms with Crippen LogP contribution in [0.25, 0.3) is 0 Å². The van der Waals surface area contributed by atoms with E-state index in [-0.39, 0.29) is 24.2 Å². The third-order valence-electron chi connectivity index (χ3n) is 3.32. The van der Waals surface area contributed by atoms with Gasteiger partial charge < -0.3 is 14.5 Å². The summed E-state index contributed by atoms with van der Waals surface area (Å²) in [7, 11) is 0. The lowest BCUT2D eigenvalue weighted by Crippen LogP contribution is -2.51. The molecule has 1 saturated heterocycles. The largest absolute Gasteiger partial charge is 0.481 e. The van der Waals surface area contributed by atoms with Gasteiger partial charge in [0.1, 0.15) is 0 Å². The molecule has 7 heteroatoms. The number of hydrogen-bond donors (Lipinski definition) is 0. The van der Waals surface area contributed by atoms with Crippen molar-refractivity contribution in [3.05, 3.63) is 28.5 Å². The molecule has 0 N–H and O–H groups in total. The molecule has 1 fully saturated rings. The van der Waals surface area contributed by atoms with Gasteiger partial charge in [-0.15, -0.1) is 0 Å². The summed E-state index contributed by atoms with van der Waals surface area (Å²) in [5.74, 6) is -0.664. The van der Waals surface area contributed by atoms with Crippen LogP contribution in [0.2, 0.25) is 0 Å². The lowest BCUT2D eigenvalue weighted by atomic mass is 10.3. The van der Waals surface area contributed by atoms with Gasteiger partial charge >= 0.3 is 0 Å². The van der Waals surface area contributed by atoms with E-state index >= 15 is 0 Å². The fourth-order valence-electron chi connectivity index (χ4n) is 2.09. The molecule has 0 spiro atoms. The minimum Gasteiger partial charge on any atom is -0.481 e. The number of carbonyl (C=O) groups excluding carboxylic acids is 2. The molecule has 0 unspecified atom stereocenters. The van der Waals surface area contributed by atoms with E-state index in [0.29, 0.717) is 30.7 Å². The molecule has 5 nitrogen and oxygen atoms in total. The normalized spacial score (nSPS) is 15.0. The first kappa shape index (κ1) is 15.8. The first-order chi connectivity index (χ1) is 9.97. The topological polar surface area (TPSA) is 49.9 Å². The van der Waals surface area contributed by atoms with Gasteiger partial charge in [0.05, 0.1) is 0 Å². The maximum atomic E-state index is 13.6. The molecule has 0 radical (unpaired) electrons. The number of ether oxygens (including phenoxy) is 1. The summed E-state index contributed by atoms with van der Waals surface area (Å²) in [5, 5.41) is 0. The summed E-state index contributed by atoms with van der Waals surface area (Å²) in [6.45, 7) is 3.30. The Morgan fingerprint density at radius 1 is 1.24 bits per heavy atom. The molecular formula is C14H16BrFN2O3. The van der Waals surface area contributed by atoms with Gasteiger partial charge in [0.15, 0.2) is 18.2 Å². The highest BCUT2D eigenvalue weighted by atomic mass is 79.9. The SMILES string of the molecule is CC(=O)N1CCN(C(=O)COc2ccc(Br)cc2F)CC1. The van der Waals surface area contributed by atoms with Gasteiger partial charge in [0, 0.05) is 37.6 Å². The van der Waals surface area contributed by atoms with Crippen LogP contribution < -0.4 is 4.74 Å². The average molecular weight is 359 g/mol. The van der Waals surface area contributed by atoms with Crippen molar-refractivity contribution < 1.29 is 18.7 Å². The molecule has 1 aromatic carbocycles. The van der Waals surface area contributed by atoms with E-state index in [1.165, 1.54) is 19.1 Å². The number of rotatable bonds is 3. The van der Waals surface area contributed by atoms with Gasteiger partial charge in [0.2, 0.25) is 5.91 Å². The summed E-state index contributed by atoms with van der Waals surface area (Å²) in [5.41, 5.74) is 0. The Hall–Kier alpha value is -1.63. The summed E-state index contributed by atoms with van der Waals surface area (Å²) in [6, 6.07) is 4.40. The number of nitrogens with zero attached hydrogens (tertiary/aromatic N) is 2. The molecule has 1 aromatic rings. The molecule has 0 bridgehead atoms. The van der Waals surface area contributed by atoms with Gasteiger partial charge in [0.25, 0.3) is 5.91 Å². The van der Waals surface area contributed by atoms with Crippen LogP contribution in [0, 0.1) is 5.82 Å². The third-order valence-corrected chi connectivity index (χ3v) is 3.82. The van der Waals surface area contributed by atoms with Crippen molar-refractivity contribution in [2.45, 2.75) is 6.92 Å². The smallest absolute Gasteiger partial charge is 0.260 e. The van der Waals surface area contributed by atoms with Crippen LogP contribution in [0.5, 0.6) is 5.75 Å². The van der Waals surface area contributed by atoms with E-state index < -0.39 is 5.82 Å². The Balaban J connectivity index is 1.84. The standard InChI is InChI=1S/C14H16BrFN2O3/c1-10(19)17-4-6-18(7-5-17)14(20)9-21-13-3-2-11(15)8-12(13)16/h2-3,8H,4-7,9H2,1H3. The van der Waals surface area contributed by atoms with E-state index in [0.717, 1.165) is 0 Å². The summed E-state index contributed by atoms with van der Waals surface area (Å²) < 4.78 is 19.4. The molecular weight excluding hydrogens is 343 g/mol. The summed E-state index contributed by atoms with van der Waals surface area (Å²) >= 11 is 3.15. The van der Waals surface area contributed by atoms with Crippen LogP contribution >= 0.6 is 15.9 Å². The molecule has 0 atom stereocenters. The fraction of sp³-hybridized carbons (Fsp3) is 0.429. The van der Waals surface area contributed by atoms with Crippen molar-refractivity contribution in [1.29, 1.82) is 0 Å². The Labute approximate surface area is 130 Å². The molecule has 0 saturated carbocycles. The van der Waals surface area contributed by atoms with Crippen LogP contribution in [0.1, 0.15) is 6.92 Å². The monoisotopic (exact) mass is 358 g/mol. The third kappa shape index (κ3) is 4.17. The van der Waals surface area contributed by atoms with E-state index in [4.69, 9.17) is 4.74 Å². The zero-order valence-electron chi connectivity index (χ0n) is 11.6. The van der Waals surface area contributed by atoms with Crippen LogP contribution in [-0.4, -0.2) is 54.4 Å². The lowest BCUT2D eigenvalue weighted by molar-refractivity contribution is -0.139. The van der Waals surface area contributed by atoms with Crippen molar-refractivity contribution in [2.24, 2.45) is 0 Å². The average Bonchev–Trinajstić information content (AvgIpc) is 2.46. The first-order valence-corrected chi connectivity index (χ1v) is 7.38. The van der Waals surface area contributed by atoms with Crippen molar-refractivity contribution in [3.8, 4) is 5.75 Å². The highest BCUT2D eigenvalue weighted by Gasteiger charge is 2.22. The second-order valence-electron chi connectivity index (χ2n) is 4.75. The number of amides is 2. The van der Waals surface area contributed by atoms with Crippen molar-refractivity contribution >= 4 is 27.7 Å². The number of hydrogen-bond acceptors (Lipinski definition) is 3. The van der Waals surface area contributed by atoms with Crippen LogP contribution in [0.15, 0.2) is 22.7 Å². The minimum atomic E-state index is -0.515. The second-order valence-corrected chi connectivity index (χ2v) is 5.67. The quantitative estimate of drug-likeness (QED) is 0.825. The number of halogens is 2. The molecule has 2 amide bonds. The van der Waals surface area contributed by atoms with E-state index in [9.17, 15) is 14.0 Å². The molecule has 1 aliphatic rings. The van der Waals surface area contributed by atoms with E-state index in [1.54, 1.807) is 15.9 Å². The zero-order chi connectivity index (χ0) is 15.4. The van der Waals surface area contributed by atoms with Crippen molar-refractivity contribution in [1.82, 2.24) is 9.80 Å². The lowest BCUT2D eigenvalue weighted by Gasteiger charge is -2.34. The molecule has 1 heterocycles. The molecule has 21 heavy (non-hydrogen) atoms. The molecule has 2 rings (SSSR count). The molecule has 0 aromatic heterocycles. The van der Waals surface area contributed by atoms with Gasteiger partial charge in [-0.1, -0.05) is 15.9 Å².